The number of hydrogen-bond donors (Lipinski definition) is 0. The van der Waals surface area contributed by atoms with Crippen LogP contribution in [0, 0.1) is 16.0 Å². The minimum Gasteiger partial charge on any atom is -0.348 e. The van der Waals surface area contributed by atoms with E-state index >= 15 is 0 Å². The van der Waals surface area contributed by atoms with Crippen LogP contribution in [0.4, 0.5) is 5.69 Å². The van der Waals surface area contributed by atoms with Crippen molar-refractivity contribution in [2.45, 2.75) is 45.5 Å². The van der Waals surface area contributed by atoms with Crippen molar-refractivity contribution in [1.29, 1.82) is 0 Å². The molecule has 0 N–H and O–H groups in total. The molecule has 0 radical (unpaired) electrons. The van der Waals surface area contributed by atoms with Crippen LogP contribution in [0.2, 0.25) is 0 Å². The SMILES string of the molecule is CCC[C@@H]1O[C@@H](c2cccc([N+](=O)[O-])c2)OC[C@@H]1CC. The Morgan fingerprint density at radius 1 is 1.40 bits per heavy atom. The maximum absolute atomic E-state index is 10.8. The lowest BCUT2D eigenvalue weighted by molar-refractivity contribution is -0.385. The Labute approximate surface area is 119 Å². The van der Waals surface area contributed by atoms with Gasteiger partial charge in [0.05, 0.1) is 17.6 Å². The molecule has 5 nitrogen and oxygen atoms in total. The van der Waals surface area contributed by atoms with Crippen LogP contribution in [0.3, 0.4) is 0 Å². The Balaban J connectivity index is 2.13. The predicted molar refractivity (Wildman–Crippen MR) is 75.4 cm³/mol. The van der Waals surface area contributed by atoms with Gasteiger partial charge in [0.1, 0.15) is 0 Å². The monoisotopic (exact) mass is 279 g/mol. The normalized spacial score (nSPS) is 26.4. The molecule has 20 heavy (non-hydrogen) atoms. The quantitative estimate of drug-likeness (QED) is 0.607. The summed E-state index contributed by atoms with van der Waals surface area (Å²) in [5, 5.41) is 10.8. The third-order valence-electron chi connectivity index (χ3n) is 3.74. The molecular weight excluding hydrogens is 258 g/mol. The Kier molecular flexibility index (Phi) is 5.09. The van der Waals surface area contributed by atoms with Gasteiger partial charge in [-0.15, -0.1) is 0 Å². The van der Waals surface area contributed by atoms with E-state index in [0.717, 1.165) is 24.8 Å². The fourth-order valence-electron chi connectivity index (χ4n) is 2.56. The van der Waals surface area contributed by atoms with Crippen LogP contribution in [0.1, 0.15) is 45.0 Å². The molecule has 0 spiro atoms. The first-order valence-corrected chi connectivity index (χ1v) is 7.17. The average Bonchev–Trinajstić information content (AvgIpc) is 2.47. The summed E-state index contributed by atoms with van der Waals surface area (Å²) in [4.78, 5) is 10.4. The van der Waals surface area contributed by atoms with E-state index in [2.05, 4.69) is 13.8 Å². The smallest absolute Gasteiger partial charge is 0.269 e. The van der Waals surface area contributed by atoms with Crippen LogP contribution >= 0.6 is 0 Å². The Morgan fingerprint density at radius 2 is 2.20 bits per heavy atom. The second kappa shape index (κ2) is 6.81. The average molecular weight is 279 g/mol. The lowest BCUT2D eigenvalue weighted by atomic mass is 9.95. The summed E-state index contributed by atoms with van der Waals surface area (Å²) >= 11 is 0. The van der Waals surface area contributed by atoms with E-state index in [1.54, 1.807) is 6.07 Å². The number of hydrogen-bond acceptors (Lipinski definition) is 4. The van der Waals surface area contributed by atoms with E-state index in [9.17, 15) is 10.1 Å². The zero-order chi connectivity index (χ0) is 14.5. The molecule has 1 aromatic carbocycles. The molecule has 0 aliphatic carbocycles. The fourth-order valence-corrected chi connectivity index (χ4v) is 2.56. The molecule has 0 bridgehead atoms. The van der Waals surface area contributed by atoms with Gasteiger partial charge in [0.25, 0.3) is 5.69 Å². The van der Waals surface area contributed by atoms with Gasteiger partial charge < -0.3 is 9.47 Å². The molecule has 0 amide bonds. The van der Waals surface area contributed by atoms with Gasteiger partial charge in [-0.2, -0.15) is 0 Å². The highest BCUT2D eigenvalue weighted by atomic mass is 16.7. The lowest BCUT2D eigenvalue weighted by Gasteiger charge is -2.36. The molecule has 2 rings (SSSR count). The van der Waals surface area contributed by atoms with Gasteiger partial charge in [0.2, 0.25) is 0 Å². The maximum Gasteiger partial charge on any atom is 0.269 e. The van der Waals surface area contributed by atoms with Crippen LogP contribution in [0.5, 0.6) is 0 Å². The highest BCUT2D eigenvalue weighted by Gasteiger charge is 2.31. The summed E-state index contributed by atoms with van der Waals surface area (Å²) in [6.45, 7) is 4.91. The standard InChI is InChI=1S/C15H21NO4/c1-3-6-14-11(4-2)10-19-15(20-14)12-7-5-8-13(9-12)16(17)18/h5,7-9,11,14-15H,3-4,6,10H2,1-2H3/t11-,14-,15-/m0/s1. The first kappa shape index (κ1) is 14.9. The van der Waals surface area contributed by atoms with Crippen molar-refractivity contribution in [3.05, 3.63) is 39.9 Å². The van der Waals surface area contributed by atoms with Crippen LogP contribution in [-0.4, -0.2) is 17.6 Å². The van der Waals surface area contributed by atoms with Gasteiger partial charge in [0.15, 0.2) is 6.29 Å². The molecule has 0 saturated carbocycles. The Bertz CT molecular complexity index is 463. The second-order valence-electron chi connectivity index (χ2n) is 5.15. The van der Waals surface area contributed by atoms with Crippen LogP contribution in [0.15, 0.2) is 24.3 Å². The van der Waals surface area contributed by atoms with Gasteiger partial charge in [0, 0.05) is 23.6 Å². The van der Waals surface area contributed by atoms with Crippen LogP contribution < -0.4 is 0 Å². The first-order valence-electron chi connectivity index (χ1n) is 7.17. The summed E-state index contributed by atoms with van der Waals surface area (Å²) in [6.07, 6.45) is 2.75. The lowest BCUT2D eigenvalue weighted by Crippen LogP contribution is -2.35. The molecular formula is C15H21NO4. The molecule has 1 heterocycles. The number of ether oxygens (including phenoxy) is 2. The number of nitrogens with zero attached hydrogens (tertiary/aromatic N) is 1. The van der Waals surface area contributed by atoms with Gasteiger partial charge in [-0.3, -0.25) is 10.1 Å². The summed E-state index contributed by atoms with van der Waals surface area (Å²) in [5.74, 6) is 0.407. The molecule has 110 valence electrons. The van der Waals surface area contributed by atoms with E-state index in [4.69, 9.17) is 9.47 Å². The minimum atomic E-state index is -0.491. The molecule has 1 saturated heterocycles. The van der Waals surface area contributed by atoms with E-state index < -0.39 is 11.2 Å². The summed E-state index contributed by atoms with van der Waals surface area (Å²) < 4.78 is 11.7. The zero-order valence-corrected chi connectivity index (χ0v) is 12.0. The topological polar surface area (TPSA) is 61.6 Å². The third kappa shape index (κ3) is 3.35. The van der Waals surface area contributed by atoms with Gasteiger partial charge in [-0.25, -0.2) is 0 Å². The Hall–Kier alpha value is -1.46. The summed E-state index contributed by atoms with van der Waals surface area (Å²) in [6, 6.07) is 6.48. The van der Waals surface area contributed by atoms with Crippen LogP contribution in [-0.2, 0) is 9.47 Å². The second-order valence-corrected chi connectivity index (χ2v) is 5.15. The van der Waals surface area contributed by atoms with Crippen molar-refractivity contribution in [3.8, 4) is 0 Å². The molecule has 1 aliphatic heterocycles. The number of benzene rings is 1. The minimum absolute atomic E-state index is 0.0688. The van der Waals surface area contributed by atoms with Gasteiger partial charge in [-0.1, -0.05) is 32.4 Å². The van der Waals surface area contributed by atoms with Crippen molar-refractivity contribution >= 4 is 5.69 Å². The van der Waals surface area contributed by atoms with Crippen molar-refractivity contribution in [1.82, 2.24) is 0 Å². The first-order chi connectivity index (χ1) is 9.65. The molecule has 0 aromatic heterocycles. The fraction of sp³-hybridized carbons (Fsp3) is 0.600. The number of non-ortho nitro benzene ring substituents is 1. The molecule has 5 heteroatoms. The molecule has 0 unspecified atom stereocenters. The van der Waals surface area contributed by atoms with E-state index in [1.165, 1.54) is 12.1 Å². The largest absolute Gasteiger partial charge is 0.348 e. The highest BCUT2D eigenvalue weighted by Crippen LogP contribution is 2.33. The highest BCUT2D eigenvalue weighted by molar-refractivity contribution is 5.34. The number of rotatable bonds is 5. The predicted octanol–water partition coefficient (Wildman–Crippen LogP) is 3.84. The maximum atomic E-state index is 10.8. The van der Waals surface area contributed by atoms with Crippen molar-refractivity contribution in [3.63, 3.8) is 0 Å². The van der Waals surface area contributed by atoms with Gasteiger partial charge in [-0.05, 0) is 12.8 Å². The van der Waals surface area contributed by atoms with E-state index in [-0.39, 0.29) is 11.8 Å². The summed E-state index contributed by atoms with van der Waals surface area (Å²) in [7, 11) is 0. The zero-order valence-electron chi connectivity index (χ0n) is 12.0. The molecule has 1 fully saturated rings. The van der Waals surface area contributed by atoms with Gasteiger partial charge >= 0.3 is 0 Å². The van der Waals surface area contributed by atoms with Crippen LogP contribution in [0.25, 0.3) is 0 Å². The number of nitro benzene ring substituents is 1. The molecule has 1 aliphatic rings. The molecule has 3 atom stereocenters. The van der Waals surface area contributed by atoms with Crippen molar-refractivity contribution in [2.24, 2.45) is 5.92 Å². The Morgan fingerprint density at radius 3 is 2.85 bits per heavy atom. The van der Waals surface area contributed by atoms with E-state index in [0.29, 0.717) is 12.5 Å². The van der Waals surface area contributed by atoms with Crippen molar-refractivity contribution < 1.29 is 14.4 Å². The number of nitro groups is 1. The summed E-state index contributed by atoms with van der Waals surface area (Å²) in [5.41, 5.74) is 0.786. The van der Waals surface area contributed by atoms with E-state index in [1.807, 2.05) is 6.07 Å². The third-order valence-corrected chi connectivity index (χ3v) is 3.74. The van der Waals surface area contributed by atoms with Crippen molar-refractivity contribution in [2.75, 3.05) is 6.61 Å². The molecule has 1 aromatic rings.